The van der Waals surface area contributed by atoms with Crippen molar-refractivity contribution in [1.29, 1.82) is 0 Å². The van der Waals surface area contributed by atoms with Gasteiger partial charge in [-0.2, -0.15) is 0 Å². The fraction of sp³-hybridized carbons (Fsp3) is 0.789. The van der Waals surface area contributed by atoms with Crippen molar-refractivity contribution in [3.05, 3.63) is 12.7 Å². The SMILES string of the molecule is C=CC(=O)OC(CC)(CCCCCCCCCCCC)C(=O)O. The first kappa shape index (κ1) is 21.7. The van der Waals surface area contributed by atoms with Gasteiger partial charge >= 0.3 is 11.9 Å². The number of rotatable bonds is 15. The summed E-state index contributed by atoms with van der Waals surface area (Å²) in [7, 11) is 0. The first-order valence-corrected chi connectivity index (χ1v) is 9.11. The maximum atomic E-state index is 11.5. The maximum Gasteiger partial charge on any atom is 0.348 e. The highest BCUT2D eigenvalue weighted by atomic mass is 16.6. The highest BCUT2D eigenvalue weighted by molar-refractivity contribution is 5.86. The second-order valence-corrected chi connectivity index (χ2v) is 6.21. The largest absolute Gasteiger partial charge is 0.478 e. The van der Waals surface area contributed by atoms with Crippen LogP contribution >= 0.6 is 0 Å². The normalized spacial score (nSPS) is 13.3. The molecule has 1 atom stereocenters. The van der Waals surface area contributed by atoms with Crippen LogP contribution in [0.3, 0.4) is 0 Å². The second kappa shape index (κ2) is 13.1. The van der Waals surface area contributed by atoms with Crippen molar-refractivity contribution >= 4 is 11.9 Å². The first-order valence-electron chi connectivity index (χ1n) is 9.11. The van der Waals surface area contributed by atoms with Crippen molar-refractivity contribution in [2.45, 2.75) is 96.5 Å². The van der Waals surface area contributed by atoms with Gasteiger partial charge in [-0.25, -0.2) is 9.59 Å². The Hall–Kier alpha value is -1.32. The smallest absolute Gasteiger partial charge is 0.348 e. The van der Waals surface area contributed by atoms with E-state index in [9.17, 15) is 14.7 Å². The van der Waals surface area contributed by atoms with Crippen LogP contribution in [0.2, 0.25) is 0 Å². The molecule has 4 nitrogen and oxygen atoms in total. The number of hydrogen-bond donors (Lipinski definition) is 1. The molecule has 0 rings (SSSR count). The minimum Gasteiger partial charge on any atom is -0.478 e. The monoisotopic (exact) mass is 326 g/mol. The number of carboxylic acids is 1. The van der Waals surface area contributed by atoms with Gasteiger partial charge in [0.2, 0.25) is 5.60 Å². The molecule has 1 unspecified atom stereocenters. The van der Waals surface area contributed by atoms with E-state index in [0.717, 1.165) is 25.3 Å². The fourth-order valence-corrected chi connectivity index (χ4v) is 2.73. The number of ether oxygens (including phenoxy) is 1. The minimum atomic E-state index is -1.40. The van der Waals surface area contributed by atoms with Crippen LogP contribution in [0.5, 0.6) is 0 Å². The molecule has 0 bridgehead atoms. The quantitative estimate of drug-likeness (QED) is 0.253. The predicted octanol–water partition coefficient (Wildman–Crippen LogP) is 5.26. The highest BCUT2D eigenvalue weighted by Crippen LogP contribution is 2.25. The maximum absolute atomic E-state index is 11.5. The number of carbonyl (C=O) groups is 2. The molecule has 0 aromatic heterocycles. The predicted molar refractivity (Wildman–Crippen MR) is 93.4 cm³/mol. The lowest BCUT2D eigenvalue weighted by atomic mass is 9.92. The van der Waals surface area contributed by atoms with E-state index in [1.807, 2.05) is 0 Å². The Kier molecular flexibility index (Phi) is 12.4. The van der Waals surface area contributed by atoms with Gasteiger partial charge in [-0.15, -0.1) is 0 Å². The Morgan fingerprint density at radius 3 is 1.83 bits per heavy atom. The molecule has 0 aliphatic heterocycles. The molecule has 1 N–H and O–H groups in total. The minimum absolute atomic E-state index is 0.277. The number of carbonyl (C=O) groups excluding carboxylic acids is 1. The molecule has 0 aromatic rings. The summed E-state index contributed by atoms with van der Waals surface area (Å²) in [6.07, 6.45) is 13.5. The Balaban J connectivity index is 3.94. The van der Waals surface area contributed by atoms with Gasteiger partial charge in [-0.05, 0) is 19.3 Å². The van der Waals surface area contributed by atoms with Crippen LogP contribution in [0.1, 0.15) is 90.9 Å². The highest BCUT2D eigenvalue weighted by Gasteiger charge is 2.39. The van der Waals surface area contributed by atoms with E-state index in [0.29, 0.717) is 6.42 Å². The fourth-order valence-electron chi connectivity index (χ4n) is 2.73. The van der Waals surface area contributed by atoms with E-state index >= 15 is 0 Å². The van der Waals surface area contributed by atoms with E-state index in [-0.39, 0.29) is 6.42 Å². The Morgan fingerprint density at radius 1 is 0.957 bits per heavy atom. The van der Waals surface area contributed by atoms with Crippen molar-refractivity contribution in [1.82, 2.24) is 0 Å². The molecule has 0 aliphatic rings. The topological polar surface area (TPSA) is 63.6 Å². The Morgan fingerprint density at radius 2 is 1.43 bits per heavy atom. The summed E-state index contributed by atoms with van der Waals surface area (Å²) in [5, 5.41) is 9.40. The molecule has 134 valence electrons. The molecule has 0 saturated carbocycles. The van der Waals surface area contributed by atoms with Crippen molar-refractivity contribution < 1.29 is 19.4 Å². The third-order valence-corrected chi connectivity index (χ3v) is 4.36. The summed E-state index contributed by atoms with van der Waals surface area (Å²) in [6, 6.07) is 0. The summed E-state index contributed by atoms with van der Waals surface area (Å²) in [5.41, 5.74) is -1.40. The molecule has 0 radical (unpaired) electrons. The van der Waals surface area contributed by atoms with Crippen LogP contribution in [0.25, 0.3) is 0 Å². The average molecular weight is 326 g/mol. The molecule has 0 heterocycles. The van der Waals surface area contributed by atoms with Gasteiger partial charge in [-0.1, -0.05) is 78.2 Å². The van der Waals surface area contributed by atoms with Crippen LogP contribution in [-0.2, 0) is 14.3 Å². The molecule has 0 spiro atoms. The standard InChI is InChI=1S/C19H34O4/c1-4-7-8-9-10-11-12-13-14-15-16-19(6-3,18(21)22)23-17(20)5-2/h5H,2,4,6-16H2,1,3H3,(H,21,22). The number of aliphatic carboxylic acids is 1. The Bertz CT molecular complexity index is 351. The van der Waals surface area contributed by atoms with E-state index < -0.39 is 17.5 Å². The lowest BCUT2D eigenvalue weighted by molar-refractivity contribution is -0.177. The lowest BCUT2D eigenvalue weighted by Crippen LogP contribution is -2.42. The molecule has 0 saturated heterocycles. The molecule has 0 aromatic carbocycles. The van der Waals surface area contributed by atoms with Gasteiger partial charge in [0.25, 0.3) is 0 Å². The van der Waals surface area contributed by atoms with E-state index in [4.69, 9.17) is 4.74 Å². The molecule has 0 amide bonds. The van der Waals surface area contributed by atoms with Crippen molar-refractivity contribution in [3.8, 4) is 0 Å². The lowest BCUT2D eigenvalue weighted by Gasteiger charge is -2.27. The van der Waals surface area contributed by atoms with Gasteiger partial charge < -0.3 is 9.84 Å². The molecule has 0 aliphatic carbocycles. The van der Waals surface area contributed by atoms with Crippen LogP contribution < -0.4 is 0 Å². The third-order valence-electron chi connectivity index (χ3n) is 4.36. The average Bonchev–Trinajstić information content (AvgIpc) is 2.54. The van der Waals surface area contributed by atoms with Crippen molar-refractivity contribution in [2.24, 2.45) is 0 Å². The van der Waals surface area contributed by atoms with Gasteiger partial charge in [0, 0.05) is 6.08 Å². The zero-order valence-electron chi connectivity index (χ0n) is 14.9. The van der Waals surface area contributed by atoms with Gasteiger partial charge in [0.1, 0.15) is 0 Å². The van der Waals surface area contributed by atoms with E-state index in [2.05, 4.69) is 13.5 Å². The second-order valence-electron chi connectivity index (χ2n) is 6.21. The molecule has 4 heteroatoms. The zero-order valence-corrected chi connectivity index (χ0v) is 14.9. The first-order chi connectivity index (χ1) is 11.0. The summed E-state index contributed by atoms with van der Waals surface area (Å²) in [4.78, 5) is 22.9. The Labute approximate surface area is 141 Å². The summed E-state index contributed by atoms with van der Waals surface area (Å²) in [5.74, 6) is -1.73. The van der Waals surface area contributed by atoms with Crippen molar-refractivity contribution in [3.63, 3.8) is 0 Å². The summed E-state index contributed by atoms with van der Waals surface area (Å²) >= 11 is 0. The van der Waals surface area contributed by atoms with Gasteiger partial charge in [-0.3, -0.25) is 0 Å². The number of carboxylic acid groups (broad SMARTS) is 1. The molecular formula is C19H34O4. The van der Waals surface area contributed by atoms with Crippen LogP contribution in [0, 0.1) is 0 Å². The van der Waals surface area contributed by atoms with E-state index in [1.54, 1.807) is 6.92 Å². The molecular weight excluding hydrogens is 292 g/mol. The molecule has 0 fully saturated rings. The van der Waals surface area contributed by atoms with Crippen LogP contribution in [0.4, 0.5) is 0 Å². The van der Waals surface area contributed by atoms with E-state index in [1.165, 1.54) is 44.9 Å². The van der Waals surface area contributed by atoms with Gasteiger partial charge in [0.05, 0.1) is 0 Å². The summed E-state index contributed by atoms with van der Waals surface area (Å²) in [6.45, 7) is 7.29. The van der Waals surface area contributed by atoms with Crippen LogP contribution in [0.15, 0.2) is 12.7 Å². The third kappa shape index (κ3) is 9.42. The van der Waals surface area contributed by atoms with Gasteiger partial charge in [0.15, 0.2) is 0 Å². The summed E-state index contributed by atoms with van der Waals surface area (Å²) < 4.78 is 5.12. The molecule has 23 heavy (non-hydrogen) atoms. The zero-order chi connectivity index (χ0) is 17.6. The van der Waals surface area contributed by atoms with Crippen molar-refractivity contribution in [2.75, 3.05) is 0 Å². The van der Waals surface area contributed by atoms with Crippen LogP contribution in [-0.4, -0.2) is 22.6 Å². The number of hydrogen-bond acceptors (Lipinski definition) is 3. The number of unbranched alkanes of at least 4 members (excludes halogenated alkanes) is 9. The number of esters is 1.